The molecule has 0 N–H and O–H groups in total. The van der Waals surface area contributed by atoms with Crippen molar-refractivity contribution >= 4 is 23.3 Å². The van der Waals surface area contributed by atoms with Crippen molar-refractivity contribution in [2.45, 2.75) is 25.2 Å². The van der Waals surface area contributed by atoms with E-state index in [1.807, 2.05) is 40.9 Å². The molecule has 5 nitrogen and oxygen atoms in total. The van der Waals surface area contributed by atoms with Gasteiger partial charge in [0, 0.05) is 50.2 Å². The number of nitrogens with zero attached hydrogens (tertiary/aromatic N) is 4. The Bertz CT molecular complexity index is 775. The Hall–Kier alpha value is -2.01. The van der Waals surface area contributed by atoms with Crippen molar-refractivity contribution in [1.29, 1.82) is 0 Å². The van der Waals surface area contributed by atoms with E-state index >= 15 is 0 Å². The van der Waals surface area contributed by atoms with Gasteiger partial charge in [-0.15, -0.1) is 0 Å². The van der Waals surface area contributed by atoms with E-state index in [-0.39, 0.29) is 5.91 Å². The number of aromatic nitrogens is 2. The van der Waals surface area contributed by atoms with Crippen LogP contribution in [-0.4, -0.2) is 46.8 Å². The molecule has 2 fully saturated rings. The molecule has 1 saturated carbocycles. The maximum absolute atomic E-state index is 12.6. The molecular weight excluding hydrogens is 336 g/mol. The fraction of sp³-hybridized carbons (Fsp3) is 0.474. The number of aryl methyl sites for hydroxylation is 1. The first-order valence-electron chi connectivity index (χ1n) is 8.92. The predicted octanol–water partition coefficient (Wildman–Crippen LogP) is 2.84. The van der Waals surface area contributed by atoms with Crippen LogP contribution in [0.2, 0.25) is 5.02 Å². The molecule has 1 aliphatic carbocycles. The van der Waals surface area contributed by atoms with Crippen molar-refractivity contribution < 1.29 is 4.79 Å². The Labute approximate surface area is 153 Å². The molecule has 2 heterocycles. The second kappa shape index (κ2) is 6.71. The van der Waals surface area contributed by atoms with E-state index in [1.54, 1.807) is 0 Å². The zero-order chi connectivity index (χ0) is 17.4. The van der Waals surface area contributed by atoms with E-state index in [2.05, 4.69) is 16.1 Å². The van der Waals surface area contributed by atoms with Crippen LogP contribution in [0.5, 0.6) is 0 Å². The highest BCUT2D eigenvalue weighted by molar-refractivity contribution is 6.31. The van der Waals surface area contributed by atoms with Gasteiger partial charge in [0.2, 0.25) is 5.91 Å². The van der Waals surface area contributed by atoms with E-state index in [0.29, 0.717) is 17.4 Å². The van der Waals surface area contributed by atoms with Gasteiger partial charge < -0.3 is 9.80 Å². The summed E-state index contributed by atoms with van der Waals surface area (Å²) in [6.07, 6.45) is 2.90. The average Bonchev–Trinajstić information content (AvgIpc) is 3.39. The predicted molar refractivity (Wildman–Crippen MR) is 99.1 cm³/mol. The third-order valence-electron chi connectivity index (χ3n) is 5.13. The fourth-order valence-corrected chi connectivity index (χ4v) is 3.66. The van der Waals surface area contributed by atoms with Gasteiger partial charge in [0.1, 0.15) is 5.82 Å². The van der Waals surface area contributed by atoms with Crippen molar-refractivity contribution in [3.05, 3.63) is 46.6 Å². The van der Waals surface area contributed by atoms with E-state index < -0.39 is 0 Å². The number of anilines is 1. The highest BCUT2D eigenvalue weighted by Crippen LogP contribution is 2.40. The van der Waals surface area contributed by atoms with Crippen molar-refractivity contribution in [3.8, 4) is 0 Å². The molecule has 132 valence electrons. The highest BCUT2D eigenvalue weighted by atomic mass is 35.5. The van der Waals surface area contributed by atoms with Crippen molar-refractivity contribution in [2.24, 2.45) is 7.05 Å². The van der Waals surface area contributed by atoms with Crippen molar-refractivity contribution in [2.75, 3.05) is 31.1 Å². The van der Waals surface area contributed by atoms with Crippen LogP contribution in [0.15, 0.2) is 30.3 Å². The number of carbonyl (C=O) groups excluding carboxylic acids is 1. The third kappa shape index (κ3) is 3.52. The summed E-state index contributed by atoms with van der Waals surface area (Å²) >= 11 is 6.17. The zero-order valence-corrected chi connectivity index (χ0v) is 15.2. The summed E-state index contributed by atoms with van der Waals surface area (Å²) in [6, 6.07) is 9.79. The maximum atomic E-state index is 12.6. The highest BCUT2D eigenvalue weighted by Gasteiger charge is 2.29. The van der Waals surface area contributed by atoms with E-state index in [4.69, 9.17) is 11.6 Å². The van der Waals surface area contributed by atoms with Gasteiger partial charge in [0.25, 0.3) is 0 Å². The number of rotatable bonds is 4. The summed E-state index contributed by atoms with van der Waals surface area (Å²) in [7, 11) is 2.01. The van der Waals surface area contributed by atoms with Gasteiger partial charge in [0.15, 0.2) is 0 Å². The minimum absolute atomic E-state index is 0.149. The Balaban J connectivity index is 1.36. The normalized spacial score (nSPS) is 17.8. The van der Waals surface area contributed by atoms with E-state index in [1.165, 1.54) is 24.4 Å². The van der Waals surface area contributed by atoms with Crippen LogP contribution in [-0.2, 0) is 18.3 Å². The summed E-state index contributed by atoms with van der Waals surface area (Å²) in [5.74, 6) is 1.98. The lowest BCUT2D eigenvalue weighted by atomic mass is 10.1. The number of piperazine rings is 1. The first-order chi connectivity index (χ1) is 12.1. The molecule has 4 rings (SSSR count). The SMILES string of the molecule is Cn1nc(C2CC2)cc1N1CCN(C(=O)Cc2ccccc2Cl)CC1. The summed E-state index contributed by atoms with van der Waals surface area (Å²) < 4.78 is 1.98. The molecule has 0 atom stereocenters. The molecule has 0 unspecified atom stereocenters. The molecule has 1 amide bonds. The Morgan fingerprint density at radius 3 is 2.60 bits per heavy atom. The minimum Gasteiger partial charge on any atom is -0.353 e. The molecule has 25 heavy (non-hydrogen) atoms. The van der Waals surface area contributed by atoms with E-state index in [9.17, 15) is 4.79 Å². The molecule has 6 heteroatoms. The number of benzene rings is 1. The fourth-order valence-electron chi connectivity index (χ4n) is 3.45. The average molecular weight is 359 g/mol. The van der Waals surface area contributed by atoms with Crippen LogP contribution >= 0.6 is 11.6 Å². The molecular formula is C19H23ClN4O. The monoisotopic (exact) mass is 358 g/mol. The molecule has 2 aliphatic rings. The number of hydrogen-bond donors (Lipinski definition) is 0. The lowest BCUT2D eigenvalue weighted by Gasteiger charge is -2.35. The van der Waals surface area contributed by atoms with Crippen LogP contribution in [0.25, 0.3) is 0 Å². The first-order valence-corrected chi connectivity index (χ1v) is 9.29. The van der Waals surface area contributed by atoms with Crippen LogP contribution in [0.3, 0.4) is 0 Å². The molecule has 0 radical (unpaired) electrons. The first kappa shape index (κ1) is 16.5. The molecule has 0 spiro atoms. The van der Waals surface area contributed by atoms with Crippen LogP contribution in [0.4, 0.5) is 5.82 Å². The Kier molecular flexibility index (Phi) is 4.42. The van der Waals surface area contributed by atoms with Gasteiger partial charge in [-0.3, -0.25) is 9.48 Å². The molecule has 1 aromatic carbocycles. The van der Waals surface area contributed by atoms with Gasteiger partial charge >= 0.3 is 0 Å². The maximum Gasteiger partial charge on any atom is 0.227 e. The zero-order valence-electron chi connectivity index (χ0n) is 14.5. The summed E-state index contributed by atoms with van der Waals surface area (Å²) in [5, 5.41) is 5.31. The smallest absolute Gasteiger partial charge is 0.227 e. The molecule has 1 saturated heterocycles. The van der Waals surface area contributed by atoms with Gasteiger partial charge in [-0.1, -0.05) is 29.8 Å². The molecule has 1 aromatic heterocycles. The van der Waals surface area contributed by atoms with E-state index in [0.717, 1.165) is 31.7 Å². The van der Waals surface area contributed by atoms with Gasteiger partial charge in [-0.25, -0.2) is 0 Å². The second-order valence-electron chi connectivity index (χ2n) is 6.96. The molecule has 2 aromatic rings. The van der Waals surface area contributed by atoms with Crippen molar-refractivity contribution in [1.82, 2.24) is 14.7 Å². The van der Waals surface area contributed by atoms with Crippen LogP contribution in [0, 0.1) is 0 Å². The minimum atomic E-state index is 0.149. The lowest BCUT2D eigenvalue weighted by Crippen LogP contribution is -2.49. The summed E-state index contributed by atoms with van der Waals surface area (Å²) in [5.41, 5.74) is 2.12. The largest absolute Gasteiger partial charge is 0.353 e. The van der Waals surface area contributed by atoms with Gasteiger partial charge in [-0.05, 0) is 24.5 Å². The van der Waals surface area contributed by atoms with Gasteiger partial charge in [0.05, 0.1) is 12.1 Å². The summed E-state index contributed by atoms with van der Waals surface area (Å²) in [6.45, 7) is 3.18. The Morgan fingerprint density at radius 2 is 1.92 bits per heavy atom. The topological polar surface area (TPSA) is 41.4 Å². The Morgan fingerprint density at radius 1 is 1.20 bits per heavy atom. The number of amides is 1. The van der Waals surface area contributed by atoms with Gasteiger partial charge in [-0.2, -0.15) is 5.10 Å². The lowest BCUT2D eigenvalue weighted by molar-refractivity contribution is -0.130. The summed E-state index contributed by atoms with van der Waals surface area (Å²) in [4.78, 5) is 16.8. The quantitative estimate of drug-likeness (QED) is 0.844. The second-order valence-corrected chi connectivity index (χ2v) is 7.37. The number of carbonyl (C=O) groups is 1. The standard InChI is InChI=1S/C19H23ClN4O/c1-22-18(13-17(21-22)14-6-7-14)23-8-10-24(11-9-23)19(25)12-15-4-2-3-5-16(15)20/h2-5,13-14H,6-12H2,1H3. The van der Waals surface area contributed by atoms with Crippen LogP contribution in [0.1, 0.15) is 30.0 Å². The van der Waals surface area contributed by atoms with Crippen LogP contribution < -0.4 is 4.90 Å². The molecule has 0 bridgehead atoms. The molecule has 1 aliphatic heterocycles. The number of hydrogen-bond acceptors (Lipinski definition) is 3. The van der Waals surface area contributed by atoms with Crippen molar-refractivity contribution in [3.63, 3.8) is 0 Å². The number of halogens is 1. The third-order valence-corrected chi connectivity index (χ3v) is 5.49.